The molecule has 0 aliphatic carbocycles. The Labute approximate surface area is 106 Å². The number of aromatic nitrogens is 2. The second-order valence-electron chi connectivity index (χ2n) is 4.07. The molecule has 0 radical (unpaired) electrons. The zero-order chi connectivity index (χ0) is 12.8. The number of rotatable bonds is 6. The molecule has 0 amide bonds. The molecule has 2 aromatic rings. The minimum Gasteiger partial charge on any atom is -0.381 e. The average Bonchev–Trinajstić information content (AvgIpc) is 2.85. The molecule has 1 N–H and O–H groups in total. The second kappa shape index (κ2) is 6.16. The third kappa shape index (κ3) is 3.56. The SMILES string of the molecule is COC(C)Cc1noc(CNc2ccccc2)n1. The largest absolute Gasteiger partial charge is 0.381 e. The summed E-state index contributed by atoms with van der Waals surface area (Å²) in [5, 5.41) is 7.12. The Bertz CT molecular complexity index is 470. The highest BCUT2D eigenvalue weighted by Crippen LogP contribution is 2.08. The Balaban J connectivity index is 1.87. The van der Waals surface area contributed by atoms with Crippen molar-refractivity contribution in [2.45, 2.75) is 26.0 Å². The van der Waals surface area contributed by atoms with E-state index in [4.69, 9.17) is 9.26 Å². The van der Waals surface area contributed by atoms with Gasteiger partial charge >= 0.3 is 0 Å². The first-order valence-electron chi connectivity index (χ1n) is 5.91. The second-order valence-corrected chi connectivity index (χ2v) is 4.07. The third-order valence-corrected chi connectivity index (χ3v) is 2.60. The summed E-state index contributed by atoms with van der Waals surface area (Å²) in [6.07, 6.45) is 0.753. The fourth-order valence-corrected chi connectivity index (χ4v) is 1.52. The summed E-state index contributed by atoms with van der Waals surface area (Å²) in [6.45, 7) is 2.50. The molecule has 0 saturated heterocycles. The molecule has 0 saturated carbocycles. The van der Waals surface area contributed by atoms with Gasteiger partial charge < -0.3 is 14.6 Å². The minimum atomic E-state index is 0.0949. The van der Waals surface area contributed by atoms with Gasteiger partial charge in [-0.15, -0.1) is 0 Å². The third-order valence-electron chi connectivity index (χ3n) is 2.60. The summed E-state index contributed by atoms with van der Waals surface area (Å²) < 4.78 is 10.3. The summed E-state index contributed by atoms with van der Waals surface area (Å²) in [7, 11) is 1.67. The molecular formula is C13H17N3O2. The molecule has 1 heterocycles. The van der Waals surface area contributed by atoms with Crippen LogP contribution < -0.4 is 5.32 Å². The quantitative estimate of drug-likeness (QED) is 0.848. The van der Waals surface area contributed by atoms with E-state index in [1.54, 1.807) is 7.11 Å². The molecule has 2 rings (SSSR count). The number of para-hydroxylation sites is 1. The lowest BCUT2D eigenvalue weighted by Crippen LogP contribution is -2.09. The van der Waals surface area contributed by atoms with Gasteiger partial charge in [-0.05, 0) is 19.1 Å². The maximum absolute atomic E-state index is 5.16. The monoisotopic (exact) mass is 247 g/mol. The molecule has 5 nitrogen and oxygen atoms in total. The Hall–Kier alpha value is -1.88. The van der Waals surface area contributed by atoms with Crippen molar-refractivity contribution in [1.82, 2.24) is 10.1 Å². The van der Waals surface area contributed by atoms with Gasteiger partial charge in [-0.3, -0.25) is 0 Å². The lowest BCUT2D eigenvalue weighted by Gasteiger charge is -2.04. The van der Waals surface area contributed by atoms with Gasteiger partial charge in [-0.2, -0.15) is 4.98 Å². The van der Waals surface area contributed by atoms with E-state index < -0.39 is 0 Å². The molecule has 0 aliphatic rings. The topological polar surface area (TPSA) is 60.2 Å². The van der Waals surface area contributed by atoms with E-state index in [9.17, 15) is 0 Å². The first-order valence-corrected chi connectivity index (χ1v) is 5.91. The lowest BCUT2D eigenvalue weighted by atomic mass is 10.3. The molecule has 18 heavy (non-hydrogen) atoms. The van der Waals surface area contributed by atoms with E-state index in [0.29, 0.717) is 24.7 Å². The maximum atomic E-state index is 5.16. The van der Waals surface area contributed by atoms with Crippen molar-refractivity contribution in [2.75, 3.05) is 12.4 Å². The standard InChI is InChI=1S/C13H17N3O2/c1-10(17-2)8-12-15-13(18-16-12)9-14-11-6-4-3-5-7-11/h3-7,10,14H,8-9H2,1-2H3. The predicted octanol–water partition coefficient (Wildman–Crippen LogP) is 2.26. The Kier molecular flexibility index (Phi) is 4.30. The minimum absolute atomic E-state index is 0.0949. The van der Waals surface area contributed by atoms with Gasteiger partial charge in [0.15, 0.2) is 5.82 Å². The maximum Gasteiger partial charge on any atom is 0.245 e. The number of anilines is 1. The summed E-state index contributed by atoms with van der Waals surface area (Å²) in [5.41, 5.74) is 1.03. The van der Waals surface area contributed by atoms with Crippen LogP contribution >= 0.6 is 0 Å². The molecule has 0 bridgehead atoms. The van der Waals surface area contributed by atoms with Gasteiger partial charge in [0.1, 0.15) is 0 Å². The highest BCUT2D eigenvalue weighted by molar-refractivity contribution is 5.42. The number of methoxy groups -OCH3 is 1. The number of hydrogen-bond acceptors (Lipinski definition) is 5. The van der Waals surface area contributed by atoms with Gasteiger partial charge in [-0.25, -0.2) is 0 Å². The van der Waals surface area contributed by atoms with Crippen molar-refractivity contribution in [2.24, 2.45) is 0 Å². The van der Waals surface area contributed by atoms with Crippen molar-refractivity contribution in [3.8, 4) is 0 Å². The van der Waals surface area contributed by atoms with Crippen molar-refractivity contribution in [3.63, 3.8) is 0 Å². The van der Waals surface area contributed by atoms with Gasteiger partial charge in [0.2, 0.25) is 5.89 Å². The number of nitrogens with one attached hydrogen (secondary N) is 1. The molecule has 1 aromatic carbocycles. The summed E-state index contributed by atoms with van der Waals surface area (Å²) >= 11 is 0. The predicted molar refractivity (Wildman–Crippen MR) is 68.2 cm³/mol. The first-order chi connectivity index (χ1) is 8.78. The van der Waals surface area contributed by atoms with Gasteiger partial charge in [0.25, 0.3) is 0 Å². The summed E-state index contributed by atoms with van der Waals surface area (Å²) in [4.78, 5) is 4.29. The van der Waals surface area contributed by atoms with E-state index in [-0.39, 0.29) is 6.10 Å². The summed E-state index contributed by atoms with van der Waals surface area (Å²) in [6, 6.07) is 9.90. The number of nitrogens with zero attached hydrogens (tertiary/aromatic N) is 2. The Morgan fingerprint density at radius 3 is 2.83 bits per heavy atom. The molecule has 96 valence electrons. The van der Waals surface area contributed by atoms with Crippen molar-refractivity contribution >= 4 is 5.69 Å². The fourth-order valence-electron chi connectivity index (χ4n) is 1.52. The molecular weight excluding hydrogens is 230 g/mol. The van der Waals surface area contributed by atoms with E-state index in [0.717, 1.165) is 5.69 Å². The van der Waals surface area contributed by atoms with Gasteiger partial charge in [-0.1, -0.05) is 23.4 Å². The van der Waals surface area contributed by atoms with Gasteiger partial charge in [0, 0.05) is 19.2 Å². The van der Waals surface area contributed by atoms with Crippen LogP contribution in [0.1, 0.15) is 18.6 Å². The summed E-state index contributed by atoms with van der Waals surface area (Å²) in [5.74, 6) is 1.26. The fraction of sp³-hybridized carbons (Fsp3) is 0.385. The Morgan fingerprint density at radius 2 is 2.11 bits per heavy atom. The zero-order valence-corrected chi connectivity index (χ0v) is 10.6. The highest BCUT2D eigenvalue weighted by Gasteiger charge is 2.09. The number of ether oxygens (including phenoxy) is 1. The molecule has 0 aliphatic heterocycles. The van der Waals surface area contributed by atoms with Crippen molar-refractivity contribution in [3.05, 3.63) is 42.0 Å². The normalized spacial score (nSPS) is 12.3. The molecule has 0 spiro atoms. The van der Waals surface area contributed by atoms with Crippen LogP contribution in [0.2, 0.25) is 0 Å². The molecule has 1 aromatic heterocycles. The number of benzene rings is 1. The van der Waals surface area contributed by atoms with Crippen molar-refractivity contribution in [1.29, 1.82) is 0 Å². The molecule has 1 unspecified atom stereocenters. The Morgan fingerprint density at radius 1 is 1.33 bits per heavy atom. The van der Waals surface area contributed by atoms with Crippen LogP contribution in [-0.2, 0) is 17.7 Å². The zero-order valence-electron chi connectivity index (χ0n) is 10.6. The molecule has 5 heteroatoms. The average molecular weight is 247 g/mol. The van der Waals surface area contributed by atoms with Crippen LogP contribution in [-0.4, -0.2) is 23.4 Å². The number of hydrogen-bond donors (Lipinski definition) is 1. The van der Waals surface area contributed by atoms with Crippen molar-refractivity contribution < 1.29 is 9.26 Å². The van der Waals surface area contributed by atoms with Crippen LogP contribution in [0.4, 0.5) is 5.69 Å². The van der Waals surface area contributed by atoms with Crippen LogP contribution in [0.15, 0.2) is 34.9 Å². The van der Waals surface area contributed by atoms with Gasteiger partial charge in [0.05, 0.1) is 12.6 Å². The smallest absolute Gasteiger partial charge is 0.245 e. The van der Waals surface area contributed by atoms with E-state index in [2.05, 4.69) is 15.5 Å². The van der Waals surface area contributed by atoms with Crippen LogP contribution in [0.25, 0.3) is 0 Å². The van der Waals surface area contributed by atoms with Crippen LogP contribution in [0.3, 0.4) is 0 Å². The van der Waals surface area contributed by atoms with Crippen LogP contribution in [0.5, 0.6) is 0 Å². The first kappa shape index (κ1) is 12.6. The van der Waals surface area contributed by atoms with E-state index >= 15 is 0 Å². The van der Waals surface area contributed by atoms with E-state index in [1.165, 1.54) is 0 Å². The van der Waals surface area contributed by atoms with E-state index in [1.807, 2.05) is 37.3 Å². The molecule has 1 atom stereocenters. The lowest BCUT2D eigenvalue weighted by molar-refractivity contribution is 0.116. The molecule has 0 fully saturated rings. The van der Waals surface area contributed by atoms with Crippen LogP contribution in [0, 0.1) is 0 Å². The highest BCUT2D eigenvalue weighted by atomic mass is 16.5.